The SMILES string of the molecule is CCN(C(=S)Nc1ccc(C)c(C)c1)[C@@H]1CCS(=O)(=O)C1. The number of hydrogen-bond acceptors (Lipinski definition) is 3. The van der Waals surface area contributed by atoms with Gasteiger partial charge in [-0.05, 0) is 62.7 Å². The zero-order valence-electron chi connectivity index (χ0n) is 12.7. The molecule has 1 heterocycles. The van der Waals surface area contributed by atoms with Gasteiger partial charge in [-0.3, -0.25) is 0 Å². The van der Waals surface area contributed by atoms with Crippen molar-refractivity contribution in [1.29, 1.82) is 0 Å². The molecule has 1 atom stereocenters. The fraction of sp³-hybridized carbons (Fsp3) is 0.533. The lowest BCUT2D eigenvalue weighted by atomic mass is 10.1. The van der Waals surface area contributed by atoms with Gasteiger partial charge in [0.2, 0.25) is 0 Å². The van der Waals surface area contributed by atoms with E-state index in [2.05, 4.69) is 31.3 Å². The standard InChI is InChI=1S/C15H22N2O2S2/c1-4-17(14-7-8-21(18,19)10-14)15(20)16-13-6-5-11(2)12(3)9-13/h5-6,9,14H,4,7-8,10H2,1-3H3,(H,16,20)/t14-/m1/s1. The Kier molecular flexibility index (Phi) is 4.88. The van der Waals surface area contributed by atoms with E-state index < -0.39 is 9.84 Å². The Balaban J connectivity index is 2.08. The highest BCUT2D eigenvalue weighted by Gasteiger charge is 2.32. The fourth-order valence-electron chi connectivity index (χ4n) is 2.60. The van der Waals surface area contributed by atoms with Gasteiger partial charge in [-0.25, -0.2) is 8.42 Å². The lowest BCUT2D eigenvalue weighted by molar-refractivity contribution is 0.355. The van der Waals surface area contributed by atoms with Crippen molar-refractivity contribution in [3.8, 4) is 0 Å². The first-order chi connectivity index (χ1) is 9.82. The maximum Gasteiger partial charge on any atom is 0.173 e. The molecular formula is C15H22N2O2S2. The van der Waals surface area contributed by atoms with Gasteiger partial charge in [0.1, 0.15) is 0 Å². The largest absolute Gasteiger partial charge is 0.345 e. The van der Waals surface area contributed by atoms with E-state index in [4.69, 9.17) is 12.2 Å². The van der Waals surface area contributed by atoms with Gasteiger partial charge in [-0.1, -0.05) is 6.07 Å². The van der Waals surface area contributed by atoms with Crippen LogP contribution >= 0.6 is 12.2 Å². The smallest absolute Gasteiger partial charge is 0.173 e. The first kappa shape index (κ1) is 16.2. The van der Waals surface area contributed by atoms with E-state index in [1.54, 1.807) is 0 Å². The molecule has 0 aliphatic carbocycles. The lowest BCUT2D eigenvalue weighted by Gasteiger charge is -2.29. The predicted octanol–water partition coefficient (Wildman–Crippen LogP) is 2.51. The average molecular weight is 326 g/mol. The Morgan fingerprint density at radius 2 is 2.10 bits per heavy atom. The Labute approximate surface area is 132 Å². The molecule has 1 aromatic rings. The third kappa shape index (κ3) is 3.95. The van der Waals surface area contributed by atoms with E-state index in [-0.39, 0.29) is 17.5 Å². The molecule has 0 aromatic heterocycles. The summed E-state index contributed by atoms with van der Waals surface area (Å²) >= 11 is 5.46. The van der Waals surface area contributed by atoms with Crippen LogP contribution in [0.15, 0.2) is 18.2 Å². The van der Waals surface area contributed by atoms with Gasteiger partial charge in [0, 0.05) is 18.3 Å². The Morgan fingerprint density at radius 3 is 2.62 bits per heavy atom. The van der Waals surface area contributed by atoms with Crippen molar-refractivity contribution in [2.24, 2.45) is 0 Å². The number of benzene rings is 1. The van der Waals surface area contributed by atoms with E-state index in [0.29, 0.717) is 18.1 Å². The quantitative estimate of drug-likeness (QED) is 0.865. The van der Waals surface area contributed by atoms with Crippen LogP contribution < -0.4 is 5.32 Å². The van der Waals surface area contributed by atoms with Gasteiger partial charge in [0.05, 0.1) is 11.5 Å². The summed E-state index contributed by atoms with van der Waals surface area (Å²) in [6.07, 6.45) is 0.658. The molecule has 6 heteroatoms. The molecule has 1 N–H and O–H groups in total. The van der Waals surface area contributed by atoms with E-state index in [0.717, 1.165) is 5.69 Å². The second-order valence-electron chi connectivity index (χ2n) is 5.57. The predicted molar refractivity (Wildman–Crippen MR) is 91.6 cm³/mol. The molecule has 0 amide bonds. The molecule has 0 saturated carbocycles. The van der Waals surface area contributed by atoms with Crippen LogP contribution in [0.4, 0.5) is 5.69 Å². The maximum atomic E-state index is 11.6. The van der Waals surface area contributed by atoms with Crippen LogP contribution in [0.2, 0.25) is 0 Å². The first-order valence-corrected chi connectivity index (χ1v) is 9.40. The normalized spacial score (nSPS) is 20.2. The molecular weight excluding hydrogens is 304 g/mol. The summed E-state index contributed by atoms with van der Waals surface area (Å²) in [5.74, 6) is 0.468. The number of thiocarbonyl (C=S) groups is 1. The minimum atomic E-state index is -2.90. The number of hydrogen-bond donors (Lipinski definition) is 1. The number of rotatable bonds is 3. The fourth-order valence-corrected chi connectivity index (χ4v) is 4.73. The van der Waals surface area contributed by atoms with Crippen molar-refractivity contribution in [2.75, 3.05) is 23.4 Å². The lowest BCUT2D eigenvalue weighted by Crippen LogP contribution is -2.43. The zero-order valence-corrected chi connectivity index (χ0v) is 14.4. The Morgan fingerprint density at radius 1 is 1.38 bits per heavy atom. The van der Waals surface area contributed by atoms with Crippen molar-refractivity contribution < 1.29 is 8.42 Å². The molecule has 1 saturated heterocycles. The number of nitrogens with one attached hydrogen (secondary N) is 1. The number of sulfone groups is 1. The molecule has 2 rings (SSSR count). The van der Waals surface area contributed by atoms with Crippen molar-refractivity contribution in [1.82, 2.24) is 4.90 Å². The van der Waals surface area contributed by atoms with Crippen LogP contribution in [0, 0.1) is 13.8 Å². The Bertz CT molecular complexity index is 641. The van der Waals surface area contributed by atoms with E-state index in [1.807, 2.05) is 17.9 Å². The molecule has 0 unspecified atom stereocenters. The van der Waals surface area contributed by atoms with Crippen LogP contribution in [0.3, 0.4) is 0 Å². The topological polar surface area (TPSA) is 49.4 Å². The van der Waals surface area contributed by atoms with Crippen LogP contribution in [0.5, 0.6) is 0 Å². The summed E-state index contributed by atoms with van der Waals surface area (Å²) in [6.45, 7) is 6.83. The minimum Gasteiger partial charge on any atom is -0.345 e. The monoisotopic (exact) mass is 326 g/mol. The minimum absolute atomic E-state index is 0.00783. The third-order valence-corrected chi connectivity index (χ3v) is 6.10. The average Bonchev–Trinajstić information content (AvgIpc) is 2.75. The molecule has 21 heavy (non-hydrogen) atoms. The molecule has 0 spiro atoms. The van der Waals surface area contributed by atoms with E-state index in [9.17, 15) is 8.42 Å². The first-order valence-electron chi connectivity index (χ1n) is 7.17. The summed E-state index contributed by atoms with van der Waals surface area (Å²) in [7, 11) is -2.90. The number of nitrogens with zero attached hydrogens (tertiary/aromatic N) is 1. The second-order valence-corrected chi connectivity index (χ2v) is 8.19. The van der Waals surface area contributed by atoms with Crippen molar-refractivity contribution >= 4 is 32.9 Å². The molecule has 0 bridgehead atoms. The van der Waals surface area contributed by atoms with Gasteiger partial charge >= 0.3 is 0 Å². The summed E-state index contributed by atoms with van der Waals surface area (Å²) < 4.78 is 23.3. The van der Waals surface area contributed by atoms with Gasteiger partial charge in [-0.15, -0.1) is 0 Å². The van der Waals surface area contributed by atoms with Crippen molar-refractivity contribution in [3.05, 3.63) is 29.3 Å². The third-order valence-electron chi connectivity index (χ3n) is 4.01. The molecule has 1 aliphatic heterocycles. The summed E-state index contributed by atoms with van der Waals surface area (Å²) in [5.41, 5.74) is 3.39. The highest BCUT2D eigenvalue weighted by molar-refractivity contribution is 7.91. The van der Waals surface area contributed by atoms with E-state index in [1.165, 1.54) is 11.1 Å². The summed E-state index contributed by atoms with van der Waals surface area (Å²) in [5, 5.41) is 3.83. The molecule has 1 aromatic carbocycles. The van der Waals surface area contributed by atoms with Gasteiger partial charge in [0.25, 0.3) is 0 Å². The van der Waals surface area contributed by atoms with Gasteiger partial charge in [0.15, 0.2) is 14.9 Å². The van der Waals surface area contributed by atoms with Gasteiger partial charge < -0.3 is 10.2 Å². The van der Waals surface area contributed by atoms with Crippen LogP contribution in [0.25, 0.3) is 0 Å². The summed E-state index contributed by atoms with van der Waals surface area (Å²) in [4.78, 5) is 1.98. The number of anilines is 1. The highest BCUT2D eigenvalue weighted by atomic mass is 32.2. The van der Waals surface area contributed by atoms with Crippen LogP contribution in [-0.4, -0.2) is 42.5 Å². The van der Waals surface area contributed by atoms with E-state index >= 15 is 0 Å². The van der Waals surface area contributed by atoms with Gasteiger partial charge in [-0.2, -0.15) is 0 Å². The highest BCUT2D eigenvalue weighted by Crippen LogP contribution is 2.20. The number of aryl methyl sites for hydroxylation is 2. The van der Waals surface area contributed by atoms with Crippen molar-refractivity contribution in [3.63, 3.8) is 0 Å². The zero-order chi connectivity index (χ0) is 15.6. The van der Waals surface area contributed by atoms with Crippen LogP contribution in [-0.2, 0) is 9.84 Å². The van der Waals surface area contributed by atoms with Crippen molar-refractivity contribution in [2.45, 2.75) is 33.2 Å². The molecule has 116 valence electrons. The molecule has 1 fully saturated rings. The second kappa shape index (κ2) is 6.32. The molecule has 4 nitrogen and oxygen atoms in total. The van der Waals surface area contributed by atoms with Crippen LogP contribution in [0.1, 0.15) is 24.5 Å². The maximum absolute atomic E-state index is 11.6. The summed E-state index contributed by atoms with van der Waals surface area (Å²) in [6, 6.07) is 6.09. The molecule has 1 aliphatic rings. The Hall–Kier alpha value is -1.14. The molecule has 0 radical (unpaired) electrons.